The fraction of sp³-hybridized carbons (Fsp3) is 0.682. The first kappa shape index (κ1) is 21.5. The molecule has 0 radical (unpaired) electrons. The molecule has 0 aromatic heterocycles. The van der Waals surface area contributed by atoms with Gasteiger partial charge in [0.05, 0.1) is 13.7 Å². The maximum atomic E-state index is 5.38. The highest BCUT2D eigenvalue weighted by Crippen LogP contribution is 2.26. The molecule has 2 rings (SSSR count). The van der Waals surface area contributed by atoms with Crippen LogP contribution in [0, 0.1) is 0 Å². The molecule has 0 unspecified atom stereocenters. The number of nitrogens with zero attached hydrogens (tertiary/aromatic N) is 2. The average Bonchev–Trinajstić information content (AvgIpc) is 2.67. The lowest BCUT2D eigenvalue weighted by Crippen LogP contribution is -2.50. The second kappa shape index (κ2) is 9.98. The quantitative estimate of drug-likeness (QED) is 0.567. The molecule has 1 aliphatic rings. The third-order valence-electron chi connectivity index (χ3n) is 5.43. The van der Waals surface area contributed by atoms with Crippen LogP contribution in [0.1, 0.15) is 53.0 Å². The lowest BCUT2D eigenvalue weighted by Gasteiger charge is -2.35. The minimum absolute atomic E-state index is 0.0576. The van der Waals surface area contributed by atoms with Gasteiger partial charge in [0.1, 0.15) is 5.75 Å². The number of likely N-dealkylation sites (tertiary alicyclic amines) is 1. The summed E-state index contributed by atoms with van der Waals surface area (Å²) in [5, 5.41) is 7.06. The van der Waals surface area contributed by atoms with Gasteiger partial charge >= 0.3 is 0 Å². The van der Waals surface area contributed by atoms with E-state index >= 15 is 0 Å². The summed E-state index contributed by atoms with van der Waals surface area (Å²) in [5.41, 5.74) is 1.18. The van der Waals surface area contributed by atoms with Crippen LogP contribution in [0.15, 0.2) is 29.3 Å². The van der Waals surface area contributed by atoms with Gasteiger partial charge in [-0.2, -0.15) is 0 Å². The van der Waals surface area contributed by atoms with Crippen LogP contribution in [0.5, 0.6) is 5.75 Å². The summed E-state index contributed by atoms with van der Waals surface area (Å²) >= 11 is 0. The summed E-state index contributed by atoms with van der Waals surface area (Å²) in [5.74, 6) is 1.82. The van der Waals surface area contributed by atoms with E-state index in [1.807, 2.05) is 12.1 Å². The van der Waals surface area contributed by atoms with Crippen LogP contribution in [0.3, 0.4) is 0 Å². The molecule has 0 spiro atoms. The van der Waals surface area contributed by atoms with Crippen LogP contribution in [0.2, 0.25) is 0 Å². The van der Waals surface area contributed by atoms with E-state index in [2.05, 4.69) is 62.3 Å². The molecule has 1 aliphatic heterocycles. The van der Waals surface area contributed by atoms with Crippen molar-refractivity contribution in [1.82, 2.24) is 15.5 Å². The number of hydrogen-bond donors (Lipinski definition) is 2. The first-order chi connectivity index (χ1) is 12.9. The van der Waals surface area contributed by atoms with E-state index in [-0.39, 0.29) is 5.41 Å². The Morgan fingerprint density at radius 3 is 2.59 bits per heavy atom. The van der Waals surface area contributed by atoms with Gasteiger partial charge in [-0.15, -0.1) is 0 Å². The van der Waals surface area contributed by atoms with Gasteiger partial charge in [0.2, 0.25) is 0 Å². The standard InChI is InChI=1S/C22H38N4O/c1-7-23-21(25-19-11-13-26(14-12-19)17(2)3)24-16-22(4,5)18-9-8-10-20(15-18)27-6/h8-10,15,17,19H,7,11-14,16H2,1-6H3,(H2,23,24,25). The van der Waals surface area contributed by atoms with Crippen LogP contribution < -0.4 is 15.4 Å². The Morgan fingerprint density at radius 2 is 2.00 bits per heavy atom. The molecule has 5 nitrogen and oxygen atoms in total. The summed E-state index contributed by atoms with van der Waals surface area (Å²) < 4.78 is 5.38. The van der Waals surface area contributed by atoms with Gasteiger partial charge < -0.3 is 20.3 Å². The molecule has 1 aromatic carbocycles. The largest absolute Gasteiger partial charge is 0.497 e. The molecule has 1 heterocycles. The molecule has 152 valence electrons. The molecule has 1 saturated heterocycles. The van der Waals surface area contributed by atoms with Crippen LogP contribution in [0.25, 0.3) is 0 Å². The van der Waals surface area contributed by atoms with Crippen molar-refractivity contribution in [1.29, 1.82) is 0 Å². The second-order valence-electron chi connectivity index (χ2n) is 8.36. The van der Waals surface area contributed by atoms with Crippen molar-refractivity contribution in [2.24, 2.45) is 4.99 Å². The SMILES string of the molecule is CCNC(=NCC(C)(C)c1cccc(OC)c1)NC1CCN(C(C)C)CC1. The monoisotopic (exact) mass is 374 g/mol. The number of benzene rings is 1. The van der Waals surface area contributed by atoms with Crippen LogP contribution >= 0.6 is 0 Å². The lowest BCUT2D eigenvalue weighted by atomic mass is 9.84. The van der Waals surface area contributed by atoms with E-state index < -0.39 is 0 Å². The van der Waals surface area contributed by atoms with E-state index in [0.717, 1.165) is 37.9 Å². The molecule has 27 heavy (non-hydrogen) atoms. The molecular formula is C22H38N4O. The van der Waals surface area contributed by atoms with E-state index in [1.54, 1.807) is 7.11 Å². The molecule has 5 heteroatoms. The molecule has 0 saturated carbocycles. The van der Waals surface area contributed by atoms with Crippen molar-refractivity contribution in [3.05, 3.63) is 29.8 Å². The Hall–Kier alpha value is -1.75. The third kappa shape index (κ3) is 6.42. The van der Waals surface area contributed by atoms with Crippen molar-refractivity contribution < 1.29 is 4.74 Å². The molecule has 0 bridgehead atoms. The Labute approximate surface area is 165 Å². The van der Waals surface area contributed by atoms with Gasteiger partial charge in [-0.25, -0.2) is 0 Å². The highest BCUT2D eigenvalue weighted by atomic mass is 16.5. The minimum atomic E-state index is -0.0576. The zero-order valence-electron chi connectivity index (χ0n) is 18.0. The maximum absolute atomic E-state index is 5.38. The topological polar surface area (TPSA) is 48.9 Å². The number of methoxy groups -OCH3 is 1. The van der Waals surface area contributed by atoms with Crippen LogP contribution in [0.4, 0.5) is 0 Å². The second-order valence-corrected chi connectivity index (χ2v) is 8.36. The van der Waals surface area contributed by atoms with E-state index in [0.29, 0.717) is 12.1 Å². The summed E-state index contributed by atoms with van der Waals surface area (Å²) in [6.45, 7) is 15.0. The van der Waals surface area contributed by atoms with Crippen molar-refractivity contribution in [3.8, 4) is 5.75 Å². The molecule has 1 aromatic rings. The zero-order valence-corrected chi connectivity index (χ0v) is 18.0. The van der Waals surface area contributed by atoms with Crippen LogP contribution in [-0.2, 0) is 5.41 Å². The lowest BCUT2D eigenvalue weighted by molar-refractivity contribution is 0.167. The Kier molecular flexibility index (Phi) is 7.96. The van der Waals surface area contributed by atoms with Gasteiger partial charge in [0, 0.05) is 37.1 Å². The predicted octanol–water partition coefficient (Wildman–Crippen LogP) is 3.40. The Bertz CT molecular complexity index is 604. The smallest absolute Gasteiger partial charge is 0.191 e. The molecular weight excluding hydrogens is 336 g/mol. The Morgan fingerprint density at radius 1 is 1.30 bits per heavy atom. The average molecular weight is 375 g/mol. The number of hydrogen-bond acceptors (Lipinski definition) is 3. The number of piperidine rings is 1. The number of guanidine groups is 1. The van der Waals surface area contributed by atoms with Gasteiger partial charge in [0.15, 0.2) is 5.96 Å². The normalized spacial score (nSPS) is 17.2. The fourth-order valence-electron chi connectivity index (χ4n) is 3.49. The maximum Gasteiger partial charge on any atom is 0.191 e. The van der Waals surface area contributed by atoms with Crippen molar-refractivity contribution in [3.63, 3.8) is 0 Å². The fourth-order valence-corrected chi connectivity index (χ4v) is 3.49. The molecule has 1 fully saturated rings. The summed E-state index contributed by atoms with van der Waals surface area (Å²) in [6, 6.07) is 9.43. The minimum Gasteiger partial charge on any atom is -0.497 e. The number of rotatable bonds is 7. The van der Waals surface area contributed by atoms with Crippen molar-refractivity contribution in [2.45, 2.75) is 65.0 Å². The predicted molar refractivity (Wildman–Crippen MR) is 115 cm³/mol. The number of ether oxygens (including phenoxy) is 1. The van der Waals surface area contributed by atoms with E-state index in [1.165, 1.54) is 18.4 Å². The van der Waals surface area contributed by atoms with Gasteiger partial charge in [-0.1, -0.05) is 26.0 Å². The summed E-state index contributed by atoms with van der Waals surface area (Å²) in [7, 11) is 1.71. The number of aliphatic imine (C=N–C) groups is 1. The van der Waals surface area contributed by atoms with Crippen molar-refractivity contribution >= 4 is 5.96 Å². The highest BCUT2D eigenvalue weighted by Gasteiger charge is 2.23. The molecule has 0 aliphatic carbocycles. The van der Waals surface area contributed by atoms with Gasteiger partial charge in [-0.05, 0) is 51.3 Å². The third-order valence-corrected chi connectivity index (χ3v) is 5.43. The van der Waals surface area contributed by atoms with Crippen molar-refractivity contribution in [2.75, 3.05) is 33.3 Å². The van der Waals surface area contributed by atoms with Crippen LogP contribution in [-0.4, -0.2) is 56.2 Å². The van der Waals surface area contributed by atoms with Gasteiger partial charge in [0.25, 0.3) is 0 Å². The number of nitrogens with one attached hydrogen (secondary N) is 2. The Balaban J connectivity index is 1.99. The first-order valence-corrected chi connectivity index (χ1v) is 10.3. The van der Waals surface area contributed by atoms with E-state index in [9.17, 15) is 0 Å². The zero-order chi connectivity index (χ0) is 19.9. The summed E-state index contributed by atoms with van der Waals surface area (Å²) in [4.78, 5) is 7.46. The first-order valence-electron chi connectivity index (χ1n) is 10.3. The molecule has 2 N–H and O–H groups in total. The summed E-state index contributed by atoms with van der Waals surface area (Å²) in [6.07, 6.45) is 2.34. The van der Waals surface area contributed by atoms with E-state index in [4.69, 9.17) is 9.73 Å². The van der Waals surface area contributed by atoms with Gasteiger partial charge in [-0.3, -0.25) is 4.99 Å². The molecule has 0 amide bonds. The highest BCUT2D eigenvalue weighted by molar-refractivity contribution is 5.80. The molecule has 0 atom stereocenters.